The average Bonchev–Trinajstić information content (AvgIpc) is 3.16. The molecule has 0 saturated carbocycles. The van der Waals surface area contributed by atoms with Gasteiger partial charge in [-0.1, -0.05) is 32.4 Å². The predicted octanol–water partition coefficient (Wildman–Crippen LogP) is 2.03. The minimum absolute atomic E-state index is 0. The summed E-state index contributed by atoms with van der Waals surface area (Å²) in [6, 6.07) is 8.80. The van der Waals surface area contributed by atoms with Crippen molar-refractivity contribution < 1.29 is 59.5 Å². The van der Waals surface area contributed by atoms with Gasteiger partial charge in [0.05, 0.1) is 30.7 Å². The molecule has 2 saturated heterocycles. The first-order valence-electron chi connectivity index (χ1n) is 20.8. The van der Waals surface area contributed by atoms with E-state index in [4.69, 9.17) is 19.8 Å². The molecule has 8 N–H and O–H groups in total. The number of unbranched alkanes of at least 4 members (excludes halogenated alkanes) is 4. The number of aromatic nitrogens is 2. The van der Waals surface area contributed by atoms with Crippen molar-refractivity contribution in [1.29, 1.82) is 0 Å². The van der Waals surface area contributed by atoms with Crippen LogP contribution in [0.1, 0.15) is 127 Å². The van der Waals surface area contributed by atoms with E-state index in [1.165, 1.54) is 54.6 Å². The van der Waals surface area contributed by atoms with Gasteiger partial charge in [0.1, 0.15) is 11.6 Å². The van der Waals surface area contributed by atoms with Crippen LogP contribution in [0.5, 0.6) is 0 Å². The number of aliphatic hydroxyl groups is 2. The van der Waals surface area contributed by atoms with Crippen molar-refractivity contribution in [2.24, 2.45) is 0 Å². The molecule has 0 radical (unpaired) electrons. The van der Waals surface area contributed by atoms with Gasteiger partial charge in [0, 0.05) is 50.7 Å². The van der Waals surface area contributed by atoms with E-state index in [1.807, 2.05) is 0 Å². The van der Waals surface area contributed by atoms with Crippen LogP contribution in [0.25, 0.3) is 0 Å². The van der Waals surface area contributed by atoms with Crippen LogP contribution in [0.4, 0.5) is 11.6 Å². The predicted molar refractivity (Wildman–Crippen MR) is 224 cm³/mol. The number of pyridine rings is 2. The summed E-state index contributed by atoms with van der Waals surface area (Å²) in [4.78, 5) is 36.7. The molecule has 0 aliphatic carbocycles. The minimum Gasteiger partial charge on any atom is -0.870 e. The molecular formula is C43H73LiN6O8. The Labute approximate surface area is 359 Å². The number of aliphatic carboxylic acids is 1. The molecule has 14 nitrogen and oxygen atoms in total. The number of nitrogens with one attached hydrogen (secondary N) is 2. The van der Waals surface area contributed by atoms with E-state index in [1.54, 1.807) is 6.92 Å². The summed E-state index contributed by atoms with van der Waals surface area (Å²) in [5.74, 6) is 0.972. The van der Waals surface area contributed by atoms with Gasteiger partial charge in [0.25, 0.3) is 0 Å². The van der Waals surface area contributed by atoms with Gasteiger partial charge >= 0.3 is 30.8 Å². The van der Waals surface area contributed by atoms with E-state index in [-0.39, 0.29) is 56.1 Å². The minimum atomic E-state index is -1.01. The van der Waals surface area contributed by atoms with Crippen LogP contribution in [0.3, 0.4) is 0 Å². The quantitative estimate of drug-likeness (QED) is 0.0879. The summed E-state index contributed by atoms with van der Waals surface area (Å²) in [6.07, 6.45) is 16.1. The van der Waals surface area contributed by atoms with Crippen molar-refractivity contribution in [3.8, 4) is 0 Å². The Bertz CT molecular complexity index is 1490. The van der Waals surface area contributed by atoms with E-state index < -0.39 is 17.2 Å². The number of hydrogen-bond donors (Lipinski definition) is 5. The first kappa shape index (κ1) is 53.2. The number of carbonyl (C=O) groups is 2. The van der Waals surface area contributed by atoms with Crippen LogP contribution in [-0.2, 0) is 40.0 Å². The molecule has 0 atom stereocenters. The fourth-order valence-corrected chi connectivity index (χ4v) is 8.15. The number of fused-ring (bicyclic) bond motifs is 2. The second-order valence-electron chi connectivity index (χ2n) is 16.0. The van der Waals surface area contributed by atoms with Crippen LogP contribution in [0.2, 0.25) is 0 Å². The van der Waals surface area contributed by atoms with Crippen LogP contribution in [0, 0.1) is 0 Å². The SMILES string of the molecule is C.CCOC(=O)CC1(O)CCN(CCCCCc2ccc3c(n2)NCCC3)CC1.O.O=C(O)CC1(O)CCN(CCCCCc2ccc3c(n2)NCCC3)CC1.[Li+].[OH-]. The molecule has 2 aromatic rings. The number of ether oxygens (including phenoxy) is 1. The molecule has 0 bridgehead atoms. The van der Waals surface area contributed by atoms with E-state index in [9.17, 15) is 19.8 Å². The Morgan fingerprint density at radius 3 is 1.57 bits per heavy atom. The third kappa shape index (κ3) is 17.8. The number of carboxylic acid groups (broad SMARTS) is 1. The molecule has 6 heterocycles. The summed E-state index contributed by atoms with van der Waals surface area (Å²) in [6.45, 7) is 9.62. The van der Waals surface area contributed by atoms with Crippen molar-refractivity contribution >= 4 is 23.6 Å². The molecule has 15 heteroatoms. The zero-order valence-corrected chi connectivity index (χ0v) is 34.7. The Morgan fingerprint density at radius 2 is 1.16 bits per heavy atom. The Hall–Kier alpha value is -2.80. The molecule has 4 aliphatic rings. The number of hydrogen-bond acceptors (Lipinski definition) is 12. The standard InChI is InChI=1S/C22H35N3O3.C20H31N3O3.CH4.Li.2H2O/c1-2-28-20(26)17-22(27)11-15-25(16-12-22)14-5-3-4-8-19-10-9-18-7-6-13-23-21(18)24-19;24-18(25)15-20(26)9-13-23(14-10-20)12-3-1-2-6-17-8-7-16-5-4-11-21-19(16)22-17;;;;/h9-10,27H,2-8,11-17H2,1H3,(H,23,24);7-8,26H,1-6,9-15H2,(H,21,22)(H,24,25);1H4;;2*1H2/q;;;+1;;/p-1. The summed E-state index contributed by atoms with van der Waals surface area (Å²) < 4.78 is 4.97. The average molecular weight is 809 g/mol. The van der Waals surface area contributed by atoms with Crippen molar-refractivity contribution in [2.45, 2.75) is 141 Å². The topological polar surface area (TPSA) is 222 Å². The van der Waals surface area contributed by atoms with Gasteiger partial charge in [-0.05, 0) is 133 Å². The van der Waals surface area contributed by atoms with Gasteiger partial charge in [-0.2, -0.15) is 0 Å². The van der Waals surface area contributed by atoms with Gasteiger partial charge in [0.2, 0.25) is 0 Å². The summed E-state index contributed by atoms with van der Waals surface area (Å²) in [5, 5.41) is 36.5. The number of likely N-dealkylation sites (tertiary alicyclic amines) is 2. The van der Waals surface area contributed by atoms with Crippen LogP contribution in [-0.4, -0.2) is 128 Å². The third-order valence-corrected chi connectivity index (χ3v) is 11.6. The number of anilines is 2. The second-order valence-corrected chi connectivity index (χ2v) is 16.0. The maximum absolute atomic E-state index is 11.6. The number of carboxylic acids is 1. The Morgan fingerprint density at radius 1 is 0.724 bits per heavy atom. The van der Waals surface area contributed by atoms with Gasteiger partial charge in [-0.25, -0.2) is 9.97 Å². The fraction of sp³-hybridized carbons (Fsp3) is 0.721. The van der Waals surface area contributed by atoms with Crippen LogP contribution in [0.15, 0.2) is 24.3 Å². The Kier molecular flexibility index (Phi) is 24.9. The smallest absolute Gasteiger partial charge is 0.870 e. The number of aryl methyl sites for hydroxylation is 4. The third-order valence-electron chi connectivity index (χ3n) is 11.6. The summed E-state index contributed by atoms with van der Waals surface area (Å²) in [7, 11) is 0. The number of esters is 1. The fourth-order valence-electron chi connectivity index (χ4n) is 8.15. The summed E-state index contributed by atoms with van der Waals surface area (Å²) in [5.41, 5.74) is 3.17. The van der Waals surface area contributed by atoms with Gasteiger partial charge < -0.3 is 51.4 Å². The monoisotopic (exact) mass is 809 g/mol. The van der Waals surface area contributed by atoms with E-state index in [0.717, 1.165) is 109 Å². The van der Waals surface area contributed by atoms with E-state index >= 15 is 0 Å². The van der Waals surface area contributed by atoms with Crippen molar-refractivity contribution in [1.82, 2.24) is 19.8 Å². The molecule has 0 spiro atoms. The van der Waals surface area contributed by atoms with Crippen molar-refractivity contribution in [2.75, 3.05) is 69.6 Å². The molecule has 0 aromatic carbocycles. The largest absolute Gasteiger partial charge is 1.00 e. The molecular weight excluding hydrogens is 735 g/mol. The molecule has 0 amide bonds. The van der Waals surface area contributed by atoms with Gasteiger partial charge in [0.15, 0.2) is 0 Å². The van der Waals surface area contributed by atoms with Gasteiger partial charge in [-0.15, -0.1) is 0 Å². The zero-order valence-electron chi connectivity index (χ0n) is 34.7. The molecule has 324 valence electrons. The number of rotatable bonds is 17. The second kappa shape index (κ2) is 27.1. The first-order valence-corrected chi connectivity index (χ1v) is 20.8. The number of carbonyl (C=O) groups excluding carboxylic acids is 1. The maximum atomic E-state index is 11.6. The summed E-state index contributed by atoms with van der Waals surface area (Å²) >= 11 is 0. The molecule has 2 fully saturated rings. The maximum Gasteiger partial charge on any atom is 1.00 e. The Balaban J connectivity index is 0.000000544. The zero-order chi connectivity index (χ0) is 38.2. The normalized spacial score (nSPS) is 17.9. The van der Waals surface area contributed by atoms with Crippen LogP contribution < -0.4 is 29.5 Å². The number of nitrogens with zero attached hydrogens (tertiary/aromatic N) is 4. The van der Waals surface area contributed by atoms with Gasteiger partial charge in [-0.3, -0.25) is 9.59 Å². The molecule has 6 rings (SSSR count). The van der Waals surface area contributed by atoms with Crippen molar-refractivity contribution in [3.05, 3.63) is 46.8 Å². The van der Waals surface area contributed by atoms with E-state index in [2.05, 4.69) is 44.7 Å². The van der Waals surface area contributed by atoms with E-state index in [0.29, 0.717) is 32.3 Å². The molecule has 4 aliphatic heterocycles. The molecule has 0 unspecified atom stereocenters. The molecule has 58 heavy (non-hydrogen) atoms. The van der Waals surface area contributed by atoms with Crippen molar-refractivity contribution in [3.63, 3.8) is 0 Å². The number of piperidine rings is 2. The first-order chi connectivity index (χ1) is 26.1. The molecule has 2 aromatic heterocycles. The van der Waals surface area contributed by atoms with Crippen LogP contribution >= 0.6 is 0 Å².